The molecule has 0 saturated heterocycles. The lowest BCUT2D eigenvalue weighted by Crippen LogP contribution is -2.30. The van der Waals surface area contributed by atoms with Crippen molar-refractivity contribution in [1.82, 2.24) is 10.6 Å². The van der Waals surface area contributed by atoms with E-state index in [1.165, 1.54) is 32.1 Å². The molecule has 0 aromatic heterocycles. The first-order valence-corrected chi connectivity index (χ1v) is 6.58. The van der Waals surface area contributed by atoms with E-state index in [0.717, 1.165) is 25.6 Å². The first-order chi connectivity index (χ1) is 7.63. The molecule has 0 unspecified atom stereocenters. The van der Waals surface area contributed by atoms with Crippen molar-refractivity contribution in [2.75, 3.05) is 19.6 Å². The molecule has 0 rings (SSSR count). The highest BCUT2D eigenvalue weighted by Gasteiger charge is 1.94. The average Bonchev–Trinajstić information content (AvgIpc) is 2.20. The summed E-state index contributed by atoms with van der Waals surface area (Å²) in [6.45, 7) is 8.80. The number of amides is 1. The zero-order chi connectivity index (χ0) is 12.2. The fraction of sp³-hybridized carbons (Fsp3) is 0.923. The summed E-state index contributed by atoms with van der Waals surface area (Å²) in [4.78, 5) is 10.6. The van der Waals surface area contributed by atoms with Gasteiger partial charge < -0.3 is 10.6 Å². The predicted octanol–water partition coefficient (Wildman–Crippen LogP) is 2.32. The van der Waals surface area contributed by atoms with Gasteiger partial charge in [-0.2, -0.15) is 0 Å². The number of nitrogens with one attached hydrogen (secondary N) is 2. The Labute approximate surface area is 100 Å². The molecule has 0 aromatic rings. The van der Waals surface area contributed by atoms with Crippen LogP contribution in [0.2, 0.25) is 0 Å². The van der Waals surface area contributed by atoms with Crippen LogP contribution in [0.25, 0.3) is 0 Å². The fourth-order valence-corrected chi connectivity index (χ4v) is 1.61. The van der Waals surface area contributed by atoms with Gasteiger partial charge in [0.2, 0.25) is 5.91 Å². The van der Waals surface area contributed by atoms with Gasteiger partial charge >= 0.3 is 0 Å². The Morgan fingerprint density at radius 1 is 1.00 bits per heavy atom. The van der Waals surface area contributed by atoms with Gasteiger partial charge in [0.15, 0.2) is 0 Å². The zero-order valence-electron chi connectivity index (χ0n) is 11.1. The molecule has 0 aliphatic carbocycles. The Hall–Kier alpha value is -0.570. The molecule has 0 aliphatic heterocycles. The second-order valence-electron chi connectivity index (χ2n) is 4.83. The van der Waals surface area contributed by atoms with Gasteiger partial charge in [0.05, 0.1) is 0 Å². The van der Waals surface area contributed by atoms with E-state index in [0.29, 0.717) is 0 Å². The number of hydrogen-bond donors (Lipinski definition) is 2. The molecule has 0 spiro atoms. The summed E-state index contributed by atoms with van der Waals surface area (Å²) in [7, 11) is 0. The molecule has 2 N–H and O–H groups in total. The Morgan fingerprint density at radius 3 is 2.31 bits per heavy atom. The van der Waals surface area contributed by atoms with Crippen LogP contribution >= 0.6 is 0 Å². The maximum atomic E-state index is 10.6. The molecule has 0 heterocycles. The van der Waals surface area contributed by atoms with E-state index in [1.54, 1.807) is 6.92 Å². The largest absolute Gasteiger partial charge is 0.355 e. The minimum Gasteiger partial charge on any atom is -0.355 e. The van der Waals surface area contributed by atoms with Crippen molar-refractivity contribution in [2.45, 2.75) is 52.9 Å². The number of rotatable bonds is 10. The van der Waals surface area contributed by atoms with E-state index in [2.05, 4.69) is 24.5 Å². The standard InChI is InChI=1S/C13H28N2O/c1-12(2)8-6-4-5-7-9-14-10-11-15-13(3)16/h12,14H,4-11H2,1-3H3,(H,15,16). The molecule has 0 aromatic carbocycles. The van der Waals surface area contributed by atoms with E-state index < -0.39 is 0 Å². The SMILES string of the molecule is CC(=O)NCCNCCCCCCC(C)C. The molecule has 96 valence electrons. The van der Waals surface area contributed by atoms with Crippen molar-refractivity contribution in [3.05, 3.63) is 0 Å². The highest BCUT2D eigenvalue weighted by atomic mass is 16.1. The molecular formula is C13H28N2O. The van der Waals surface area contributed by atoms with Crippen molar-refractivity contribution >= 4 is 5.91 Å². The van der Waals surface area contributed by atoms with E-state index in [4.69, 9.17) is 0 Å². The molecule has 0 atom stereocenters. The molecule has 0 bridgehead atoms. The van der Waals surface area contributed by atoms with Gasteiger partial charge in [-0.25, -0.2) is 0 Å². The Kier molecular flexibility index (Phi) is 10.5. The van der Waals surface area contributed by atoms with Gasteiger partial charge in [0.1, 0.15) is 0 Å². The van der Waals surface area contributed by atoms with Crippen LogP contribution in [0.3, 0.4) is 0 Å². The average molecular weight is 228 g/mol. The Balaban J connectivity index is 2.96. The minimum absolute atomic E-state index is 0.0514. The van der Waals surface area contributed by atoms with Crippen LogP contribution < -0.4 is 10.6 Å². The third-order valence-corrected chi connectivity index (χ3v) is 2.56. The maximum Gasteiger partial charge on any atom is 0.216 e. The van der Waals surface area contributed by atoms with Gasteiger partial charge in [0, 0.05) is 20.0 Å². The van der Waals surface area contributed by atoms with Crippen LogP contribution in [0.1, 0.15) is 52.9 Å². The van der Waals surface area contributed by atoms with Crippen LogP contribution in [0.4, 0.5) is 0 Å². The molecule has 0 aliphatic rings. The van der Waals surface area contributed by atoms with Crippen LogP contribution in [0.15, 0.2) is 0 Å². The van der Waals surface area contributed by atoms with Crippen LogP contribution in [-0.2, 0) is 4.79 Å². The fourth-order valence-electron chi connectivity index (χ4n) is 1.61. The number of hydrogen-bond acceptors (Lipinski definition) is 2. The van der Waals surface area contributed by atoms with Crippen molar-refractivity contribution in [2.24, 2.45) is 5.92 Å². The monoisotopic (exact) mass is 228 g/mol. The Bertz CT molecular complexity index is 169. The molecular weight excluding hydrogens is 200 g/mol. The van der Waals surface area contributed by atoms with E-state index in [9.17, 15) is 4.79 Å². The summed E-state index contributed by atoms with van der Waals surface area (Å²) in [6, 6.07) is 0. The van der Waals surface area contributed by atoms with Crippen molar-refractivity contribution in [3.63, 3.8) is 0 Å². The number of unbranched alkanes of at least 4 members (excludes halogenated alkanes) is 3. The third kappa shape index (κ3) is 13.4. The van der Waals surface area contributed by atoms with Crippen molar-refractivity contribution in [1.29, 1.82) is 0 Å². The Morgan fingerprint density at radius 2 is 1.69 bits per heavy atom. The first-order valence-electron chi connectivity index (χ1n) is 6.58. The van der Waals surface area contributed by atoms with Crippen LogP contribution in [-0.4, -0.2) is 25.5 Å². The summed E-state index contributed by atoms with van der Waals surface area (Å²) in [6.07, 6.45) is 6.64. The molecule has 0 saturated carbocycles. The lowest BCUT2D eigenvalue weighted by Gasteiger charge is -2.06. The van der Waals surface area contributed by atoms with Gasteiger partial charge in [-0.3, -0.25) is 4.79 Å². The first kappa shape index (κ1) is 15.4. The van der Waals surface area contributed by atoms with E-state index in [1.807, 2.05) is 0 Å². The van der Waals surface area contributed by atoms with Gasteiger partial charge in [-0.1, -0.05) is 39.5 Å². The minimum atomic E-state index is 0.0514. The summed E-state index contributed by atoms with van der Waals surface area (Å²) < 4.78 is 0. The van der Waals surface area contributed by atoms with Crippen molar-refractivity contribution < 1.29 is 4.79 Å². The second kappa shape index (κ2) is 10.9. The normalized spacial score (nSPS) is 10.8. The van der Waals surface area contributed by atoms with Crippen LogP contribution in [0.5, 0.6) is 0 Å². The van der Waals surface area contributed by atoms with Gasteiger partial charge in [-0.15, -0.1) is 0 Å². The second-order valence-corrected chi connectivity index (χ2v) is 4.83. The predicted molar refractivity (Wildman–Crippen MR) is 69.5 cm³/mol. The van der Waals surface area contributed by atoms with E-state index in [-0.39, 0.29) is 5.91 Å². The summed E-state index contributed by atoms with van der Waals surface area (Å²) >= 11 is 0. The topological polar surface area (TPSA) is 41.1 Å². The van der Waals surface area contributed by atoms with Gasteiger partial charge in [-0.05, 0) is 18.9 Å². The summed E-state index contributed by atoms with van der Waals surface area (Å²) in [5.41, 5.74) is 0. The molecule has 3 nitrogen and oxygen atoms in total. The van der Waals surface area contributed by atoms with E-state index >= 15 is 0 Å². The smallest absolute Gasteiger partial charge is 0.216 e. The molecule has 3 heteroatoms. The molecule has 16 heavy (non-hydrogen) atoms. The lowest BCUT2D eigenvalue weighted by molar-refractivity contribution is -0.118. The third-order valence-electron chi connectivity index (χ3n) is 2.56. The zero-order valence-corrected chi connectivity index (χ0v) is 11.1. The number of carbonyl (C=O) groups excluding carboxylic acids is 1. The highest BCUT2D eigenvalue weighted by Crippen LogP contribution is 2.08. The lowest BCUT2D eigenvalue weighted by atomic mass is 10.0. The maximum absolute atomic E-state index is 10.6. The molecule has 1 amide bonds. The summed E-state index contributed by atoms with van der Waals surface area (Å²) in [5, 5.41) is 6.09. The number of carbonyl (C=O) groups is 1. The quantitative estimate of drug-likeness (QED) is 0.563. The summed E-state index contributed by atoms with van der Waals surface area (Å²) in [5.74, 6) is 0.895. The molecule has 0 radical (unpaired) electrons. The van der Waals surface area contributed by atoms with Crippen LogP contribution in [0, 0.1) is 5.92 Å². The van der Waals surface area contributed by atoms with Gasteiger partial charge in [0.25, 0.3) is 0 Å². The molecule has 0 fully saturated rings. The highest BCUT2D eigenvalue weighted by molar-refractivity contribution is 5.72. The van der Waals surface area contributed by atoms with Crippen molar-refractivity contribution in [3.8, 4) is 0 Å².